The summed E-state index contributed by atoms with van der Waals surface area (Å²) in [5.41, 5.74) is -1.10. The molecule has 1 amide bonds. The summed E-state index contributed by atoms with van der Waals surface area (Å²) in [6.45, 7) is 11.0. The second-order valence-electron chi connectivity index (χ2n) is 10.7. The fourth-order valence-corrected chi connectivity index (χ4v) is 5.95. The number of anilines is 1. The number of hydrogen-bond acceptors (Lipinski definition) is 6. The Bertz CT molecular complexity index is 1460. The Hall–Kier alpha value is -3.28. The number of aromatic nitrogens is 2. The van der Waals surface area contributed by atoms with Crippen molar-refractivity contribution in [2.24, 2.45) is 0 Å². The number of ether oxygens (including phenoxy) is 1. The predicted molar refractivity (Wildman–Crippen MR) is 138 cm³/mol. The monoisotopic (exact) mass is 552 g/mol. The molecule has 2 atom stereocenters. The lowest BCUT2D eigenvalue weighted by atomic mass is 10.1. The third-order valence-electron chi connectivity index (χ3n) is 6.43. The van der Waals surface area contributed by atoms with E-state index in [2.05, 4.69) is 4.98 Å². The van der Waals surface area contributed by atoms with Gasteiger partial charge < -0.3 is 14.5 Å². The Kier molecular flexibility index (Phi) is 6.92. The van der Waals surface area contributed by atoms with Crippen LogP contribution in [0.15, 0.2) is 47.6 Å². The first-order valence-corrected chi connectivity index (χ1v) is 13.6. The summed E-state index contributed by atoms with van der Waals surface area (Å²) in [5.74, 6) is 0.0101. The SMILES string of the molecule is Cc1ccc(S(=O)(=O)n2cc(C(F)(F)F)c3c(N4C[C@H](C)N(C(=O)OC(C)(C)C)CC4C)nccc32)cc1. The second-order valence-corrected chi connectivity index (χ2v) is 12.5. The molecule has 3 heterocycles. The number of amides is 1. The van der Waals surface area contributed by atoms with E-state index in [-0.39, 0.29) is 34.7 Å². The number of alkyl halides is 3. The maximum atomic E-state index is 14.3. The lowest BCUT2D eigenvalue weighted by Crippen LogP contribution is -2.59. The van der Waals surface area contributed by atoms with Crippen LogP contribution in [0.4, 0.5) is 23.8 Å². The summed E-state index contributed by atoms with van der Waals surface area (Å²) in [5, 5.41) is -0.305. The van der Waals surface area contributed by atoms with Gasteiger partial charge in [-0.1, -0.05) is 17.7 Å². The van der Waals surface area contributed by atoms with Gasteiger partial charge in [0.25, 0.3) is 10.0 Å². The Balaban J connectivity index is 1.82. The molecule has 1 saturated heterocycles. The van der Waals surface area contributed by atoms with E-state index in [0.717, 1.165) is 5.56 Å². The summed E-state index contributed by atoms with van der Waals surface area (Å²) in [6, 6.07) is 6.36. The van der Waals surface area contributed by atoms with Crippen molar-refractivity contribution in [2.75, 3.05) is 18.0 Å². The normalized spacial score (nSPS) is 19.2. The molecule has 0 aliphatic carbocycles. The van der Waals surface area contributed by atoms with Crippen LogP contribution in [-0.4, -0.2) is 59.1 Å². The van der Waals surface area contributed by atoms with Gasteiger partial charge in [-0.2, -0.15) is 13.2 Å². The van der Waals surface area contributed by atoms with Crippen molar-refractivity contribution in [3.63, 3.8) is 0 Å². The average Bonchev–Trinajstić information content (AvgIpc) is 3.21. The number of nitrogens with zero attached hydrogens (tertiary/aromatic N) is 4. The molecule has 0 saturated carbocycles. The summed E-state index contributed by atoms with van der Waals surface area (Å²) in [7, 11) is -4.33. The van der Waals surface area contributed by atoms with E-state index in [0.29, 0.717) is 10.2 Å². The molecular weight excluding hydrogens is 521 g/mol. The highest BCUT2D eigenvalue weighted by atomic mass is 32.2. The first-order valence-electron chi connectivity index (χ1n) is 12.2. The van der Waals surface area contributed by atoms with E-state index in [1.807, 2.05) is 0 Å². The lowest BCUT2D eigenvalue weighted by Gasteiger charge is -2.44. The highest BCUT2D eigenvalue weighted by molar-refractivity contribution is 7.90. The molecule has 0 radical (unpaired) electrons. The standard InChI is InChI=1S/C26H31F3N4O4S/c1-16-7-9-19(10-8-16)38(35,36)33-15-20(26(27,28)29)22-21(33)11-12-30-23(22)31-13-18(3)32(14-17(31)2)24(34)37-25(4,5)6/h7-12,15,17-18H,13-14H2,1-6H3/t17?,18-/m0/s1. The van der Waals surface area contributed by atoms with E-state index in [9.17, 15) is 26.4 Å². The van der Waals surface area contributed by atoms with Crippen molar-refractivity contribution in [3.05, 3.63) is 53.9 Å². The number of pyridine rings is 1. The molecule has 8 nitrogen and oxygen atoms in total. The minimum absolute atomic E-state index is 0.0101. The van der Waals surface area contributed by atoms with Gasteiger partial charge in [0.05, 0.1) is 21.4 Å². The van der Waals surface area contributed by atoms with Crippen molar-refractivity contribution in [1.29, 1.82) is 0 Å². The van der Waals surface area contributed by atoms with Crippen molar-refractivity contribution < 1.29 is 31.1 Å². The van der Waals surface area contributed by atoms with E-state index < -0.39 is 45.5 Å². The molecule has 0 bridgehead atoms. The van der Waals surface area contributed by atoms with Gasteiger partial charge in [0.2, 0.25) is 0 Å². The zero-order chi connectivity index (χ0) is 28.2. The molecule has 12 heteroatoms. The van der Waals surface area contributed by atoms with Gasteiger partial charge in [-0.3, -0.25) is 0 Å². The van der Waals surface area contributed by atoms with Crippen LogP contribution in [0, 0.1) is 6.92 Å². The molecular formula is C26H31F3N4O4S. The van der Waals surface area contributed by atoms with E-state index in [4.69, 9.17) is 4.74 Å². The predicted octanol–water partition coefficient (Wildman–Crippen LogP) is 5.43. The van der Waals surface area contributed by atoms with Crippen LogP contribution in [-0.2, 0) is 20.9 Å². The fourth-order valence-electron chi connectivity index (χ4n) is 4.59. The largest absolute Gasteiger partial charge is 0.444 e. The van der Waals surface area contributed by atoms with Crippen molar-refractivity contribution in [2.45, 2.75) is 70.3 Å². The topological polar surface area (TPSA) is 84.7 Å². The highest BCUT2D eigenvalue weighted by Crippen LogP contribution is 2.42. The number of carbonyl (C=O) groups is 1. The van der Waals surface area contributed by atoms with Crippen LogP contribution < -0.4 is 4.90 Å². The Morgan fingerprint density at radius 1 is 1.03 bits per heavy atom. The number of carbonyl (C=O) groups excluding carboxylic acids is 1. The van der Waals surface area contributed by atoms with Crippen LogP contribution in [0.3, 0.4) is 0 Å². The molecule has 1 fully saturated rings. The molecule has 4 rings (SSSR count). The molecule has 0 spiro atoms. The molecule has 1 aromatic carbocycles. The average molecular weight is 553 g/mol. The molecule has 1 aliphatic rings. The summed E-state index contributed by atoms with van der Waals surface area (Å²) >= 11 is 0. The third-order valence-corrected chi connectivity index (χ3v) is 8.12. The lowest BCUT2D eigenvalue weighted by molar-refractivity contribution is -0.136. The van der Waals surface area contributed by atoms with E-state index in [1.165, 1.54) is 24.4 Å². The molecule has 38 heavy (non-hydrogen) atoms. The minimum Gasteiger partial charge on any atom is -0.444 e. The van der Waals surface area contributed by atoms with Crippen LogP contribution in [0.25, 0.3) is 10.9 Å². The van der Waals surface area contributed by atoms with Crippen LogP contribution in [0.1, 0.15) is 45.7 Å². The van der Waals surface area contributed by atoms with Gasteiger partial charge in [-0.25, -0.2) is 22.2 Å². The van der Waals surface area contributed by atoms with Crippen molar-refractivity contribution in [3.8, 4) is 0 Å². The fraction of sp³-hybridized carbons (Fsp3) is 0.462. The molecule has 0 N–H and O–H groups in total. The quantitative estimate of drug-likeness (QED) is 0.431. The second kappa shape index (κ2) is 9.48. The van der Waals surface area contributed by atoms with Crippen molar-refractivity contribution >= 4 is 32.8 Å². The van der Waals surface area contributed by atoms with Crippen molar-refractivity contribution in [1.82, 2.24) is 13.9 Å². The van der Waals surface area contributed by atoms with Gasteiger partial charge in [-0.05, 0) is 59.7 Å². The number of rotatable bonds is 3. The maximum absolute atomic E-state index is 14.3. The first kappa shape index (κ1) is 27.7. The molecule has 1 unspecified atom stereocenters. The zero-order valence-electron chi connectivity index (χ0n) is 22.1. The van der Waals surface area contributed by atoms with E-state index >= 15 is 0 Å². The Morgan fingerprint density at radius 3 is 2.24 bits per heavy atom. The Labute approximate surface area is 220 Å². The number of aryl methyl sites for hydroxylation is 1. The van der Waals surface area contributed by atoms with Crippen LogP contribution >= 0.6 is 0 Å². The maximum Gasteiger partial charge on any atom is 0.418 e. The van der Waals surface area contributed by atoms with Crippen LogP contribution in [0.2, 0.25) is 0 Å². The number of halogens is 3. The van der Waals surface area contributed by atoms with E-state index in [1.54, 1.807) is 63.5 Å². The van der Waals surface area contributed by atoms with Crippen LogP contribution in [0.5, 0.6) is 0 Å². The van der Waals surface area contributed by atoms with Gasteiger partial charge in [0.15, 0.2) is 0 Å². The molecule has 3 aromatic rings. The number of hydrogen-bond donors (Lipinski definition) is 0. The summed E-state index contributed by atoms with van der Waals surface area (Å²) < 4.78 is 75.9. The molecule has 206 valence electrons. The number of fused-ring (bicyclic) bond motifs is 1. The van der Waals surface area contributed by atoms with Gasteiger partial charge in [0.1, 0.15) is 11.4 Å². The van der Waals surface area contributed by atoms with Gasteiger partial charge >= 0.3 is 12.3 Å². The summed E-state index contributed by atoms with van der Waals surface area (Å²) in [6.07, 6.45) is -3.42. The highest BCUT2D eigenvalue weighted by Gasteiger charge is 2.41. The third kappa shape index (κ3) is 5.18. The Morgan fingerprint density at radius 2 is 1.66 bits per heavy atom. The van der Waals surface area contributed by atoms with Gasteiger partial charge in [0, 0.05) is 37.6 Å². The molecule has 2 aromatic heterocycles. The van der Waals surface area contributed by atoms with Gasteiger partial charge in [-0.15, -0.1) is 0 Å². The number of benzene rings is 1. The summed E-state index contributed by atoms with van der Waals surface area (Å²) in [4.78, 5) is 20.1. The first-order chi connectivity index (χ1) is 17.5. The zero-order valence-corrected chi connectivity index (χ0v) is 22.9. The minimum atomic E-state index is -4.84. The number of piperazine rings is 1. The smallest absolute Gasteiger partial charge is 0.418 e. The molecule has 1 aliphatic heterocycles.